The van der Waals surface area contributed by atoms with Crippen molar-refractivity contribution in [2.45, 2.75) is 25.0 Å². The van der Waals surface area contributed by atoms with E-state index in [9.17, 15) is 5.11 Å². The van der Waals surface area contributed by atoms with Crippen molar-refractivity contribution in [1.82, 2.24) is 4.90 Å². The molecule has 0 bridgehead atoms. The van der Waals surface area contributed by atoms with Crippen molar-refractivity contribution in [1.29, 1.82) is 0 Å². The summed E-state index contributed by atoms with van der Waals surface area (Å²) in [5.41, 5.74) is 1.07. The van der Waals surface area contributed by atoms with Crippen LogP contribution in [0, 0.1) is 0 Å². The van der Waals surface area contributed by atoms with Crippen LogP contribution in [0.5, 0.6) is 11.5 Å². The monoisotopic (exact) mass is 251 g/mol. The molecule has 0 radical (unpaired) electrons. The summed E-state index contributed by atoms with van der Waals surface area (Å²) < 4.78 is 10.5. The fourth-order valence-electron chi connectivity index (χ4n) is 2.65. The Morgan fingerprint density at radius 2 is 1.94 bits per heavy atom. The Labute approximate surface area is 108 Å². The van der Waals surface area contributed by atoms with Gasteiger partial charge in [-0.05, 0) is 44.1 Å². The Morgan fingerprint density at radius 1 is 1.22 bits per heavy atom. The number of ether oxygens (including phenoxy) is 2. The fraction of sp³-hybridized carbons (Fsp3) is 0.571. The molecular formula is C14H21NO3. The van der Waals surface area contributed by atoms with Crippen LogP contribution in [0.25, 0.3) is 0 Å². The molecule has 0 aromatic heterocycles. The van der Waals surface area contributed by atoms with Crippen LogP contribution in [0.15, 0.2) is 18.2 Å². The van der Waals surface area contributed by atoms with Gasteiger partial charge in [0.1, 0.15) is 0 Å². The lowest BCUT2D eigenvalue weighted by Crippen LogP contribution is -2.39. The molecule has 1 heterocycles. The summed E-state index contributed by atoms with van der Waals surface area (Å²) in [7, 11) is 5.30. The van der Waals surface area contributed by atoms with Crippen molar-refractivity contribution in [2.75, 3.05) is 27.8 Å². The van der Waals surface area contributed by atoms with Gasteiger partial charge in [0.25, 0.3) is 0 Å². The second-order valence-corrected chi connectivity index (χ2v) is 4.75. The smallest absolute Gasteiger partial charge is 0.161 e. The number of aliphatic hydroxyl groups is 1. The number of nitrogens with zero attached hydrogens (tertiary/aromatic N) is 1. The van der Waals surface area contributed by atoms with Crippen LogP contribution in [0.2, 0.25) is 0 Å². The minimum absolute atomic E-state index is 0.0403. The quantitative estimate of drug-likeness (QED) is 0.890. The fourth-order valence-corrected chi connectivity index (χ4v) is 2.65. The van der Waals surface area contributed by atoms with E-state index in [0.29, 0.717) is 11.5 Å². The summed E-state index contributed by atoms with van der Waals surface area (Å²) in [6.07, 6.45) is 1.58. The van der Waals surface area contributed by atoms with E-state index in [0.717, 1.165) is 24.9 Å². The first kappa shape index (κ1) is 13.2. The van der Waals surface area contributed by atoms with Gasteiger partial charge in [0.05, 0.1) is 26.4 Å². The lowest BCUT2D eigenvalue weighted by molar-refractivity contribution is 0.0240. The van der Waals surface area contributed by atoms with Crippen molar-refractivity contribution in [3.8, 4) is 11.5 Å². The lowest BCUT2D eigenvalue weighted by Gasteiger charge is -2.37. The maximum Gasteiger partial charge on any atom is 0.161 e. The Morgan fingerprint density at radius 3 is 2.56 bits per heavy atom. The minimum Gasteiger partial charge on any atom is -0.493 e. The van der Waals surface area contributed by atoms with Crippen LogP contribution < -0.4 is 9.47 Å². The first-order chi connectivity index (χ1) is 8.67. The van der Waals surface area contributed by atoms with E-state index in [4.69, 9.17) is 9.47 Å². The molecule has 1 aliphatic rings. The predicted octanol–water partition coefficient (Wildman–Crippen LogP) is 1.83. The highest BCUT2D eigenvalue weighted by molar-refractivity contribution is 5.44. The van der Waals surface area contributed by atoms with E-state index >= 15 is 0 Å². The Kier molecular flexibility index (Phi) is 4.09. The molecule has 0 amide bonds. The van der Waals surface area contributed by atoms with Crippen LogP contribution in [0.4, 0.5) is 0 Å². The molecule has 4 heteroatoms. The van der Waals surface area contributed by atoms with Crippen molar-refractivity contribution in [2.24, 2.45) is 0 Å². The summed E-state index contributed by atoms with van der Waals surface area (Å²) in [6, 6.07) is 5.88. The van der Waals surface area contributed by atoms with Gasteiger partial charge in [0, 0.05) is 0 Å². The number of hydrogen-bond acceptors (Lipinski definition) is 4. The summed E-state index contributed by atoms with van der Waals surface area (Å²) in [4.78, 5) is 2.19. The van der Waals surface area contributed by atoms with Crippen molar-refractivity contribution >= 4 is 0 Å². The molecule has 0 saturated carbocycles. The van der Waals surface area contributed by atoms with Gasteiger partial charge in [-0.2, -0.15) is 0 Å². The zero-order chi connectivity index (χ0) is 13.1. The molecule has 0 spiro atoms. The molecule has 2 atom stereocenters. The number of likely N-dealkylation sites (N-methyl/N-ethyl adjacent to an activating group) is 1. The van der Waals surface area contributed by atoms with Crippen LogP contribution in [-0.2, 0) is 0 Å². The van der Waals surface area contributed by atoms with E-state index < -0.39 is 0 Å². The number of likely N-dealkylation sites (tertiary alicyclic amines) is 1. The second kappa shape index (κ2) is 5.59. The second-order valence-electron chi connectivity index (χ2n) is 4.75. The SMILES string of the molecule is COc1ccc([C@H]2[C@@H](O)CCCN2C)cc1OC. The maximum atomic E-state index is 10.2. The van der Waals surface area contributed by atoms with Crippen LogP contribution >= 0.6 is 0 Å². The summed E-state index contributed by atoms with van der Waals surface area (Å²) in [5, 5.41) is 10.2. The van der Waals surface area contributed by atoms with Gasteiger partial charge in [-0.15, -0.1) is 0 Å². The molecule has 0 aliphatic carbocycles. The van der Waals surface area contributed by atoms with Crippen molar-refractivity contribution < 1.29 is 14.6 Å². The van der Waals surface area contributed by atoms with Crippen LogP contribution in [-0.4, -0.2) is 43.9 Å². The highest BCUT2D eigenvalue weighted by Gasteiger charge is 2.29. The highest BCUT2D eigenvalue weighted by atomic mass is 16.5. The van der Waals surface area contributed by atoms with E-state index in [1.165, 1.54) is 0 Å². The lowest BCUT2D eigenvalue weighted by atomic mass is 9.93. The van der Waals surface area contributed by atoms with Crippen LogP contribution in [0.1, 0.15) is 24.4 Å². The topological polar surface area (TPSA) is 41.9 Å². The molecule has 1 aromatic carbocycles. The number of piperidine rings is 1. The molecular weight excluding hydrogens is 230 g/mol. The molecule has 4 nitrogen and oxygen atoms in total. The van der Waals surface area contributed by atoms with Crippen molar-refractivity contribution in [3.63, 3.8) is 0 Å². The Balaban J connectivity index is 2.32. The first-order valence-corrected chi connectivity index (χ1v) is 6.27. The molecule has 0 unspecified atom stereocenters. The summed E-state index contributed by atoms with van der Waals surface area (Å²) >= 11 is 0. The number of benzene rings is 1. The average Bonchev–Trinajstić information content (AvgIpc) is 2.38. The van der Waals surface area contributed by atoms with Gasteiger partial charge in [0.15, 0.2) is 11.5 Å². The predicted molar refractivity (Wildman–Crippen MR) is 70.2 cm³/mol. The van der Waals surface area contributed by atoms with E-state index in [2.05, 4.69) is 4.90 Å². The zero-order valence-electron chi connectivity index (χ0n) is 11.2. The molecule has 1 N–H and O–H groups in total. The minimum atomic E-state index is -0.318. The number of hydrogen-bond donors (Lipinski definition) is 1. The molecule has 2 rings (SSSR count). The van der Waals surface area contributed by atoms with E-state index in [1.807, 2.05) is 25.2 Å². The molecule has 100 valence electrons. The van der Waals surface area contributed by atoms with Gasteiger partial charge in [-0.1, -0.05) is 6.07 Å². The van der Waals surface area contributed by atoms with E-state index in [-0.39, 0.29) is 12.1 Å². The number of rotatable bonds is 3. The third kappa shape index (κ3) is 2.44. The van der Waals surface area contributed by atoms with Gasteiger partial charge in [0.2, 0.25) is 0 Å². The van der Waals surface area contributed by atoms with Crippen molar-refractivity contribution in [3.05, 3.63) is 23.8 Å². The Hall–Kier alpha value is -1.26. The van der Waals surface area contributed by atoms with Gasteiger partial charge in [-0.25, -0.2) is 0 Å². The first-order valence-electron chi connectivity index (χ1n) is 6.27. The largest absolute Gasteiger partial charge is 0.493 e. The third-order valence-electron chi connectivity index (χ3n) is 3.60. The van der Waals surface area contributed by atoms with Gasteiger partial charge in [-0.3, -0.25) is 4.90 Å². The van der Waals surface area contributed by atoms with Gasteiger partial charge < -0.3 is 14.6 Å². The Bertz CT molecular complexity index is 398. The zero-order valence-corrected chi connectivity index (χ0v) is 11.2. The van der Waals surface area contributed by atoms with E-state index in [1.54, 1.807) is 14.2 Å². The normalized spacial score (nSPS) is 24.9. The molecule has 1 aliphatic heterocycles. The molecule has 1 aromatic rings. The third-order valence-corrected chi connectivity index (χ3v) is 3.60. The van der Waals surface area contributed by atoms with Crippen LogP contribution in [0.3, 0.4) is 0 Å². The highest BCUT2D eigenvalue weighted by Crippen LogP contribution is 2.35. The number of methoxy groups -OCH3 is 2. The molecule has 1 saturated heterocycles. The number of aliphatic hydroxyl groups excluding tert-OH is 1. The molecule has 1 fully saturated rings. The van der Waals surface area contributed by atoms with Gasteiger partial charge >= 0.3 is 0 Å². The average molecular weight is 251 g/mol. The summed E-state index contributed by atoms with van der Waals surface area (Å²) in [6.45, 7) is 1.01. The standard InChI is InChI=1S/C14H21NO3/c1-15-8-4-5-11(16)14(15)10-6-7-12(17-2)13(9-10)18-3/h6-7,9,11,14,16H,4-5,8H2,1-3H3/t11-,14-/m0/s1. The summed E-state index contributed by atoms with van der Waals surface area (Å²) in [5.74, 6) is 1.43. The molecule has 18 heavy (non-hydrogen) atoms. The maximum absolute atomic E-state index is 10.2.